The number of rotatable bonds is 2. The summed E-state index contributed by atoms with van der Waals surface area (Å²) in [6.07, 6.45) is 6.09. The Labute approximate surface area is 110 Å². The highest BCUT2D eigenvalue weighted by Crippen LogP contribution is 2.32. The van der Waals surface area contributed by atoms with E-state index in [9.17, 15) is 4.79 Å². The van der Waals surface area contributed by atoms with E-state index in [0.29, 0.717) is 15.9 Å². The molecular formula is C10H5BrCl2N2O. The second-order valence-electron chi connectivity index (χ2n) is 3.12. The fourth-order valence-electron chi connectivity index (χ4n) is 1.39. The Morgan fingerprint density at radius 2 is 1.94 bits per heavy atom. The molecule has 0 aliphatic heterocycles. The van der Waals surface area contributed by atoms with Gasteiger partial charge in [0.15, 0.2) is 0 Å². The lowest BCUT2D eigenvalue weighted by molar-refractivity contribution is -0.105. The fourth-order valence-corrected chi connectivity index (χ4v) is 1.97. The molecule has 0 aromatic carbocycles. The smallest absolute Gasteiger partial charge is 0.148 e. The molecule has 0 saturated carbocycles. The number of hydrogen-bond donors (Lipinski definition) is 0. The van der Waals surface area contributed by atoms with Crippen LogP contribution >= 0.6 is 39.1 Å². The molecule has 0 saturated heterocycles. The third-order valence-corrected chi connectivity index (χ3v) is 3.91. The molecule has 0 bridgehead atoms. The van der Waals surface area contributed by atoms with Crippen molar-refractivity contribution in [1.82, 2.24) is 9.97 Å². The van der Waals surface area contributed by atoms with Gasteiger partial charge in [0.1, 0.15) is 22.4 Å². The number of halogens is 3. The highest BCUT2D eigenvalue weighted by molar-refractivity contribution is 9.10. The highest BCUT2D eigenvalue weighted by atomic mass is 79.9. The number of carbonyl (C=O) groups is 1. The van der Waals surface area contributed by atoms with E-state index in [-0.39, 0.29) is 16.2 Å². The molecule has 82 valence electrons. The third kappa shape index (κ3) is 2.05. The first-order chi connectivity index (χ1) is 7.63. The topological polar surface area (TPSA) is 42.9 Å². The van der Waals surface area contributed by atoms with Gasteiger partial charge in [-0.2, -0.15) is 0 Å². The molecule has 0 fully saturated rings. The molecule has 0 N–H and O–H groups in total. The first-order valence-corrected chi connectivity index (χ1v) is 5.90. The normalized spacial score (nSPS) is 18.7. The average molecular weight is 320 g/mol. The van der Waals surface area contributed by atoms with Gasteiger partial charge in [-0.05, 0) is 15.9 Å². The van der Waals surface area contributed by atoms with Crippen molar-refractivity contribution in [3.63, 3.8) is 0 Å². The zero-order chi connectivity index (χ0) is 11.7. The summed E-state index contributed by atoms with van der Waals surface area (Å²) in [5.74, 6) is 0.158. The maximum absolute atomic E-state index is 10.8. The SMILES string of the molecule is O=CC1=CC=C[C@@H]1c1nc(Cl)c(Br)c(Cl)n1. The van der Waals surface area contributed by atoms with Crippen molar-refractivity contribution in [2.75, 3.05) is 0 Å². The largest absolute Gasteiger partial charge is 0.298 e. The van der Waals surface area contributed by atoms with Crippen molar-refractivity contribution >= 4 is 45.4 Å². The predicted molar refractivity (Wildman–Crippen MR) is 65.8 cm³/mol. The maximum Gasteiger partial charge on any atom is 0.148 e. The van der Waals surface area contributed by atoms with Crippen LogP contribution in [0, 0.1) is 0 Å². The van der Waals surface area contributed by atoms with Crippen molar-refractivity contribution < 1.29 is 4.79 Å². The van der Waals surface area contributed by atoms with Crippen LogP contribution in [0.1, 0.15) is 11.7 Å². The first kappa shape index (κ1) is 11.8. The number of nitrogens with zero attached hydrogens (tertiary/aromatic N) is 2. The van der Waals surface area contributed by atoms with Crippen LogP contribution in [0.15, 0.2) is 28.3 Å². The van der Waals surface area contributed by atoms with Gasteiger partial charge in [-0.3, -0.25) is 4.79 Å². The van der Waals surface area contributed by atoms with Gasteiger partial charge in [0.05, 0.1) is 10.4 Å². The van der Waals surface area contributed by atoms with Crippen molar-refractivity contribution in [3.05, 3.63) is 44.4 Å². The Bertz CT molecular complexity index is 491. The molecule has 16 heavy (non-hydrogen) atoms. The molecule has 1 aliphatic carbocycles. The number of carbonyl (C=O) groups excluding carboxylic acids is 1. The lowest BCUT2D eigenvalue weighted by Gasteiger charge is -2.09. The van der Waals surface area contributed by atoms with E-state index in [0.717, 1.165) is 6.29 Å². The Hall–Kier alpha value is -0.710. The van der Waals surface area contributed by atoms with E-state index in [1.54, 1.807) is 12.2 Å². The van der Waals surface area contributed by atoms with Crippen molar-refractivity contribution in [2.24, 2.45) is 0 Å². The number of aromatic nitrogens is 2. The number of aldehydes is 1. The summed E-state index contributed by atoms with van der Waals surface area (Å²) < 4.78 is 0.457. The van der Waals surface area contributed by atoms with Gasteiger partial charge in [-0.25, -0.2) is 9.97 Å². The van der Waals surface area contributed by atoms with Crippen LogP contribution in [0.2, 0.25) is 10.3 Å². The van der Waals surface area contributed by atoms with Crippen LogP contribution in [0.4, 0.5) is 0 Å². The summed E-state index contributed by atoms with van der Waals surface area (Å²) in [6, 6.07) is 0. The van der Waals surface area contributed by atoms with Gasteiger partial charge in [0.2, 0.25) is 0 Å². The minimum absolute atomic E-state index is 0.237. The molecular weight excluding hydrogens is 315 g/mol. The quantitative estimate of drug-likeness (QED) is 0.620. The van der Waals surface area contributed by atoms with Crippen LogP contribution in [-0.4, -0.2) is 16.3 Å². The molecule has 1 aromatic heterocycles. The molecule has 1 atom stereocenters. The van der Waals surface area contributed by atoms with Gasteiger partial charge in [-0.15, -0.1) is 0 Å². The number of allylic oxidation sites excluding steroid dienone is 4. The van der Waals surface area contributed by atoms with Crippen LogP contribution in [-0.2, 0) is 4.79 Å². The van der Waals surface area contributed by atoms with Gasteiger partial charge in [0, 0.05) is 5.57 Å². The van der Waals surface area contributed by atoms with Crippen LogP contribution < -0.4 is 0 Å². The van der Waals surface area contributed by atoms with Crippen LogP contribution in [0.3, 0.4) is 0 Å². The minimum Gasteiger partial charge on any atom is -0.298 e. The highest BCUT2D eigenvalue weighted by Gasteiger charge is 2.21. The van der Waals surface area contributed by atoms with Gasteiger partial charge < -0.3 is 0 Å². The summed E-state index contributed by atoms with van der Waals surface area (Å²) in [5, 5.41) is 0.473. The molecule has 6 heteroatoms. The fraction of sp³-hybridized carbons (Fsp3) is 0.100. The summed E-state index contributed by atoms with van der Waals surface area (Å²) in [5.41, 5.74) is 0.592. The molecule has 0 amide bonds. The summed E-state index contributed by atoms with van der Waals surface area (Å²) >= 11 is 14.9. The first-order valence-electron chi connectivity index (χ1n) is 4.35. The Morgan fingerprint density at radius 1 is 1.31 bits per heavy atom. The Morgan fingerprint density at radius 3 is 2.50 bits per heavy atom. The van der Waals surface area contributed by atoms with E-state index in [4.69, 9.17) is 23.2 Å². The van der Waals surface area contributed by atoms with E-state index in [1.165, 1.54) is 0 Å². The lowest BCUT2D eigenvalue weighted by atomic mass is 10.0. The summed E-state index contributed by atoms with van der Waals surface area (Å²) in [7, 11) is 0. The zero-order valence-corrected chi connectivity index (χ0v) is 10.9. The van der Waals surface area contributed by atoms with Crippen LogP contribution in [0.5, 0.6) is 0 Å². The standard InChI is InChI=1S/C10H5BrCl2N2O/c11-7-8(12)14-10(15-9(7)13)6-3-1-2-5(6)4-16/h1-4,6H/t6-/m0/s1. The van der Waals surface area contributed by atoms with Crippen molar-refractivity contribution in [2.45, 2.75) is 5.92 Å². The third-order valence-electron chi connectivity index (χ3n) is 2.15. The van der Waals surface area contributed by atoms with Crippen molar-refractivity contribution in [1.29, 1.82) is 0 Å². The lowest BCUT2D eigenvalue weighted by Crippen LogP contribution is -2.05. The van der Waals surface area contributed by atoms with Gasteiger partial charge in [-0.1, -0.05) is 41.4 Å². The predicted octanol–water partition coefficient (Wildman–Crippen LogP) is 3.32. The Balaban J connectivity index is 2.46. The van der Waals surface area contributed by atoms with Crippen LogP contribution in [0.25, 0.3) is 0 Å². The van der Waals surface area contributed by atoms with E-state index >= 15 is 0 Å². The second kappa shape index (κ2) is 4.65. The molecule has 1 aliphatic rings. The monoisotopic (exact) mass is 318 g/mol. The van der Waals surface area contributed by atoms with E-state index in [1.807, 2.05) is 6.08 Å². The molecule has 3 nitrogen and oxygen atoms in total. The van der Waals surface area contributed by atoms with E-state index in [2.05, 4.69) is 25.9 Å². The molecule has 1 aromatic rings. The molecule has 0 unspecified atom stereocenters. The Kier molecular flexibility index (Phi) is 3.42. The van der Waals surface area contributed by atoms with E-state index < -0.39 is 0 Å². The molecule has 0 spiro atoms. The molecule has 0 radical (unpaired) electrons. The molecule has 2 rings (SSSR count). The average Bonchev–Trinajstić information content (AvgIpc) is 2.73. The van der Waals surface area contributed by atoms with Gasteiger partial charge in [0.25, 0.3) is 0 Å². The second-order valence-corrected chi connectivity index (χ2v) is 4.63. The summed E-state index contributed by atoms with van der Waals surface area (Å²) in [6.45, 7) is 0. The van der Waals surface area contributed by atoms with Crippen molar-refractivity contribution in [3.8, 4) is 0 Å². The van der Waals surface area contributed by atoms with Gasteiger partial charge >= 0.3 is 0 Å². The zero-order valence-electron chi connectivity index (χ0n) is 7.82. The number of hydrogen-bond acceptors (Lipinski definition) is 3. The summed E-state index contributed by atoms with van der Waals surface area (Å²) in [4.78, 5) is 19.0. The maximum atomic E-state index is 10.8. The molecule has 1 heterocycles. The minimum atomic E-state index is -0.263.